The van der Waals surface area contributed by atoms with Gasteiger partial charge >= 0.3 is 0 Å². The van der Waals surface area contributed by atoms with Crippen molar-refractivity contribution in [1.29, 1.82) is 0 Å². The van der Waals surface area contributed by atoms with Gasteiger partial charge in [-0.1, -0.05) is 72.8 Å². The van der Waals surface area contributed by atoms with Gasteiger partial charge in [0.1, 0.15) is 0 Å². The van der Waals surface area contributed by atoms with Crippen LogP contribution in [-0.2, 0) is 0 Å². The first kappa shape index (κ1) is 17.6. The molecule has 4 nitrogen and oxygen atoms in total. The van der Waals surface area contributed by atoms with Gasteiger partial charge in [0.25, 0.3) is 5.91 Å². The Kier molecular flexibility index (Phi) is 4.53. The second-order valence-electron chi connectivity index (χ2n) is 7.39. The molecule has 142 valence electrons. The van der Waals surface area contributed by atoms with Gasteiger partial charge in [-0.25, -0.2) is 9.97 Å². The van der Waals surface area contributed by atoms with E-state index in [-0.39, 0.29) is 11.9 Å². The fourth-order valence-electron chi connectivity index (χ4n) is 4.21. The van der Waals surface area contributed by atoms with E-state index in [0.717, 1.165) is 24.9 Å². The molecule has 1 fully saturated rings. The Morgan fingerprint density at radius 3 is 2.41 bits per heavy atom. The number of hydrogen-bond acceptors (Lipinski definition) is 3. The number of likely N-dealkylation sites (tertiary alicyclic amines) is 1. The summed E-state index contributed by atoms with van der Waals surface area (Å²) in [6, 6.07) is 24.6. The summed E-state index contributed by atoms with van der Waals surface area (Å²) in [6.07, 6.45) is 5.28. The first-order valence-corrected chi connectivity index (χ1v) is 9.97. The van der Waals surface area contributed by atoms with Crippen LogP contribution in [-0.4, -0.2) is 27.3 Å². The molecule has 1 aliphatic rings. The van der Waals surface area contributed by atoms with Gasteiger partial charge in [-0.3, -0.25) is 4.79 Å². The molecule has 5 rings (SSSR count). The largest absolute Gasteiger partial charge is 0.331 e. The number of carbonyl (C=O) groups is 1. The summed E-state index contributed by atoms with van der Waals surface area (Å²) >= 11 is 0. The smallest absolute Gasteiger partial charge is 0.257 e. The molecule has 1 atom stereocenters. The van der Waals surface area contributed by atoms with Crippen molar-refractivity contribution in [3.8, 4) is 11.4 Å². The van der Waals surface area contributed by atoms with Crippen molar-refractivity contribution in [2.75, 3.05) is 6.54 Å². The molecule has 4 heteroatoms. The average molecular weight is 379 g/mol. The summed E-state index contributed by atoms with van der Waals surface area (Å²) in [5.74, 6) is 0.634. The minimum absolute atomic E-state index is 0.0000425. The number of hydrogen-bond donors (Lipinski definition) is 0. The molecule has 1 saturated heterocycles. The van der Waals surface area contributed by atoms with Crippen LogP contribution in [0.1, 0.15) is 34.8 Å². The normalized spacial score (nSPS) is 16.3. The van der Waals surface area contributed by atoms with Crippen LogP contribution in [0.5, 0.6) is 0 Å². The third-order valence-electron chi connectivity index (χ3n) is 5.63. The molecule has 0 aliphatic carbocycles. The summed E-state index contributed by atoms with van der Waals surface area (Å²) in [7, 11) is 0. The number of nitrogens with zero attached hydrogens (tertiary/aromatic N) is 3. The maximum atomic E-state index is 13.3. The van der Waals surface area contributed by atoms with Crippen molar-refractivity contribution in [3.05, 3.63) is 96.3 Å². The van der Waals surface area contributed by atoms with Gasteiger partial charge in [0.05, 0.1) is 11.6 Å². The first-order valence-electron chi connectivity index (χ1n) is 9.97. The zero-order chi connectivity index (χ0) is 19.6. The summed E-state index contributed by atoms with van der Waals surface area (Å²) in [5, 5.41) is 2.43. The molecular formula is C25H21N3O. The summed E-state index contributed by atoms with van der Waals surface area (Å²) in [5.41, 5.74) is 2.70. The van der Waals surface area contributed by atoms with E-state index in [2.05, 4.69) is 52.4 Å². The maximum absolute atomic E-state index is 13.3. The van der Waals surface area contributed by atoms with Crippen LogP contribution in [0, 0.1) is 0 Å². The zero-order valence-electron chi connectivity index (χ0n) is 16.0. The van der Waals surface area contributed by atoms with Crippen LogP contribution in [0.15, 0.2) is 85.2 Å². The van der Waals surface area contributed by atoms with E-state index in [4.69, 9.17) is 0 Å². The van der Waals surface area contributed by atoms with Gasteiger partial charge in [0.2, 0.25) is 0 Å². The molecule has 4 aromatic rings. The number of carbonyl (C=O) groups excluding carboxylic acids is 1. The van der Waals surface area contributed by atoms with Crippen LogP contribution in [0.4, 0.5) is 0 Å². The highest BCUT2D eigenvalue weighted by molar-refractivity contribution is 5.95. The van der Waals surface area contributed by atoms with E-state index in [1.807, 2.05) is 35.2 Å². The minimum atomic E-state index is 0.0000425. The van der Waals surface area contributed by atoms with Gasteiger partial charge in [0.15, 0.2) is 5.82 Å². The number of amides is 1. The lowest BCUT2D eigenvalue weighted by Gasteiger charge is -2.26. The predicted molar refractivity (Wildman–Crippen MR) is 114 cm³/mol. The lowest BCUT2D eigenvalue weighted by atomic mass is 9.97. The molecular weight excluding hydrogens is 358 g/mol. The highest BCUT2D eigenvalue weighted by Crippen LogP contribution is 2.36. The highest BCUT2D eigenvalue weighted by atomic mass is 16.2. The lowest BCUT2D eigenvalue weighted by Crippen LogP contribution is -2.30. The van der Waals surface area contributed by atoms with Crippen LogP contribution >= 0.6 is 0 Å². The van der Waals surface area contributed by atoms with Crippen LogP contribution in [0.25, 0.3) is 22.2 Å². The molecule has 1 amide bonds. The number of rotatable bonds is 3. The first-order chi connectivity index (χ1) is 14.3. The van der Waals surface area contributed by atoms with Crippen LogP contribution in [0.3, 0.4) is 0 Å². The standard InChI is InChI=1S/C25H21N3O/c29-25(20-16-26-24(27-17-20)19-9-2-1-3-10-19)28-15-7-14-23(28)22-13-6-11-18-8-4-5-12-21(18)22/h1-6,8-13,16-17,23H,7,14-15H2. The second-order valence-corrected chi connectivity index (χ2v) is 7.39. The molecule has 1 unspecified atom stereocenters. The van der Waals surface area contributed by atoms with Gasteiger partial charge in [-0.05, 0) is 29.2 Å². The third-order valence-corrected chi connectivity index (χ3v) is 5.63. The molecule has 0 spiro atoms. The molecule has 0 saturated carbocycles. The maximum Gasteiger partial charge on any atom is 0.257 e. The average Bonchev–Trinajstić information content (AvgIpc) is 3.28. The van der Waals surface area contributed by atoms with E-state index in [0.29, 0.717) is 11.4 Å². The van der Waals surface area contributed by atoms with E-state index >= 15 is 0 Å². The molecule has 0 bridgehead atoms. The van der Waals surface area contributed by atoms with Crippen molar-refractivity contribution in [2.24, 2.45) is 0 Å². The molecule has 29 heavy (non-hydrogen) atoms. The SMILES string of the molecule is O=C(c1cnc(-c2ccccc2)nc1)N1CCCC1c1cccc2ccccc12. The summed E-state index contributed by atoms with van der Waals surface area (Å²) < 4.78 is 0. The molecule has 1 aromatic heterocycles. The monoisotopic (exact) mass is 379 g/mol. The Bertz CT molecular complexity index is 1150. The lowest BCUT2D eigenvalue weighted by molar-refractivity contribution is 0.0735. The Hall–Kier alpha value is -3.53. The van der Waals surface area contributed by atoms with Crippen molar-refractivity contribution >= 4 is 16.7 Å². The molecule has 0 N–H and O–H groups in total. The van der Waals surface area contributed by atoms with Crippen molar-refractivity contribution in [3.63, 3.8) is 0 Å². The fourth-order valence-corrected chi connectivity index (χ4v) is 4.21. The number of fused-ring (bicyclic) bond motifs is 1. The predicted octanol–water partition coefficient (Wildman–Crippen LogP) is 5.27. The van der Waals surface area contributed by atoms with Crippen molar-refractivity contribution < 1.29 is 4.79 Å². The van der Waals surface area contributed by atoms with Gasteiger partial charge < -0.3 is 4.90 Å². The van der Waals surface area contributed by atoms with Crippen molar-refractivity contribution in [1.82, 2.24) is 14.9 Å². The Balaban J connectivity index is 1.44. The molecule has 0 radical (unpaired) electrons. The minimum Gasteiger partial charge on any atom is -0.331 e. The summed E-state index contributed by atoms with van der Waals surface area (Å²) in [6.45, 7) is 0.757. The van der Waals surface area contributed by atoms with E-state index in [1.165, 1.54) is 16.3 Å². The highest BCUT2D eigenvalue weighted by Gasteiger charge is 2.31. The zero-order valence-corrected chi connectivity index (χ0v) is 16.0. The quantitative estimate of drug-likeness (QED) is 0.487. The Morgan fingerprint density at radius 1 is 0.862 bits per heavy atom. The number of benzene rings is 3. The van der Waals surface area contributed by atoms with Crippen LogP contribution < -0.4 is 0 Å². The summed E-state index contributed by atoms with van der Waals surface area (Å²) in [4.78, 5) is 24.1. The second kappa shape index (κ2) is 7.47. The fraction of sp³-hybridized carbons (Fsp3) is 0.160. The Labute approximate surface area is 169 Å². The molecule has 2 heterocycles. The van der Waals surface area contributed by atoms with Gasteiger partial charge in [-0.15, -0.1) is 0 Å². The molecule has 1 aliphatic heterocycles. The van der Waals surface area contributed by atoms with Crippen LogP contribution in [0.2, 0.25) is 0 Å². The van der Waals surface area contributed by atoms with E-state index < -0.39 is 0 Å². The third kappa shape index (κ3) is 3.27. The number of aromatic nitrogens is 2. The molecule has 3 aromatic carbocycles. The topological polar surface area (TPSA) is 46.1 Å². The van der Waals surface area contributed by atoms with E-state index in [9.17, 15) is 4.79 Å². The van der Waals surface area contributed by atoms with Crippen molar-refractivity contribution in [2.45, 2.75) is 18.9 Å². The van der Waals surface area contributed by atoms with Gasteiger partial charge in [-0.2, -0.15) is 0 Å². The Morgan fingerprint density at radius 2 is 1.59 bits per heavy atom. The van der Waals surface area contributed by atoms with Gasteiger partial charge in [0, 0.05) is 24.5 Å². The van der Waals surface area contributed by atoms with E-state index in [1.54, 1.807) is 12.4 Å².